The van der Waals surface area contributed by atoms with Gasteiger partial charge in [-0.05, 0) is 40.2 Å². The Morgan fingerprint density at radius 3 is 2.56 bits per heavy atom. The van der Waals surface area contributed by atoms with Gasteiger partial charge in [0.25, 0.3) is 0 Å². The van der Waals surface area contributed by atoms with Gasteiger partial charge < -0.3 is 10.5 Å². The summed E-state index contributed by atoms with van der Waals surface area (Å²) in [6.07, 6.45) is 0. The van der Waals surface area contributed by atoms with Crippen molar-refractivity contribution in [1.29, 1.82) is 0 Å². The van der Waals surface area contributed by atoms with E-state index in [0.29, 0.717) is 22.1 Å². The molecule has 0 amide bonds. The van der Waals surface area contributed by atoms with Crippen LogP contribution in [-0.4, -0.2) is 4.99 Å². The molecule has 0 unspecified atom stereocenters. The summed E-state index contributed by atoms with van der Waals surface area (Å²) in [7, 11) is 0. The molecule has 2 rings (SSSR count). The van der Waals surface area contributed by atoms with Gasteiger partial charge in [-0.1, -0.05) is 36.0 Å². The summed E-state index contributed by atoms with van der Waals surface area (Å²) < 4.78 is 6.63. The summed E-state index contributed by atoms with van der Waals surface area (Å²) in [6.45, 7) is 0. The first-order valence-corrected chi connectivity index (χ1v) is 6.67. The molecule has 5 heteroatoms. The van der Waals surface area contributed by atoms with Crippen LogP contribution in [0.25, 0.3) is 0 Å². The molecule has 0 aromatic heterocycles. The SMILES string of the molecule is NC(=S)c1ccc(Cl)cc1Oc1ccccc1Br. The molecule has 2 aromatic rings. The molecule has 2 nitrogen and oxygen atoms in total. The van der Waals surface area contributed by atoms with Gasteiger partial charge in [0.15, 0.2) is 0 Å². The van der Waals surface area contributed by atoms with Crippen molar-refractivity contribution in [2.24, 2.45) is 5.73 Å². The number of thiocarbonyl (C=S) groups is 1. The molecule has 0 radical (unpaired) electrons. The van der Waals surface area contributed by atoms with E-state index in [9.17, 15) is 0 Å². The van der Waals surface area contributed by atoms with Crippen molar-refractivity contribution in [1.82, 2.24) is 0 Å². The summed E-state index contributed by atoms with van der Waals surface area (Å²) in [6, 6.07) is 12.7. The lowest BCUT2D eigenvalue weighted by atomic mass is 10.2. The van der Waals surface area contributed by atoms with E-state index in [2.05, 4.69) is 15.9 Å². The van der Waals surface area contributed by atoms with Crippen molar-refractivity contribution in [3.05, 3.63) is 57.5 Å². The fourth-order valence-electron chi connectivity index (χ4n) is 1.43. The lowest BCUT2D eigenvalue weighted by Gasteiger charge is -2.11. The van der Waals surface area contributed by atoms with Crippen LogP contribution in [0.5, 0.6) is 11.5 Å². The maximum atomic E-state index is 5.95. The lowest BCUT2D eigenvalue weighted by Crippen LogP contribution is -2.10. The number of halogens is 2. The van der Waals surface area contributed by atoms with Crippen LogP contribution < -0.4 is 10.5 Å². The lowest BCUT2D eigenvalue weighted by molar-refractivity contribution is 0.479. The zero-order chi connectivity index (χ0) is 13.1. The smallest absolute Gasteiger partial charge is 0.141 e. The molecule has 92 valence electrons. The van der Waals surface area contributed by atoms with Gasteiger partial charge >= 0.3 is 0 Å². The van der Waals surface area contributed by atoms with Crippen LogP contribution in [-0.2, 0) is 0 Å². The second-order valence-corrected chi connectivity index (χ2v) is 5.27. The molecule has 0 fully saturated rings. The van der Waals surface area contributed by atoms with Gasteiger partial charge in [-0.2, -0.15) is 0 Å². The number of nitrogens with two attached hydrogens (primary N) is 1. The van der Waals surface area contributed by atoms with Crippen molar-refractivity contribution in [3.63, 3.8) is 0 Å². The van der Waals surface area contributed by atoms with Crippen LogP contribution >= 0.6 is 39.7 Å². The number of para-hydroxylation sites is 1. The molecule has 0 heterocycles. The van der Waals surface area contributed by atoms with E-state index in [0.717, 1.165) is 4.47 Å². The highest BCUT2D eigenvalue weighted by Crippen LogP contribution is 2.32. The van der Waals surface area contributed by atoms with Crippen LogP contribution in [0.3, 0.4) is 0 Å². The largest absolute Gasteiger partial charge is 0.455 e. The Balaban J connectivity index is 2.42. The number of ether oxygens (including phenoxy) is 1. The molecule has 0 aliphatic heterocycles. The predicted molar refractivity (Wildman–Crippen MR) is 81.6 cm³/mol. The Morgan fingerprint density at radius 1 is 1.17 bits per heavy atom. The van der Waals surface area contributed by atoms with Gasteiger partial charge in [-0.25, -0.2) is 0 Å². The number of benzene rings is 2. The van der Waals surface area contributed by atoms with E-state index >= 15 is 0 Å². The second-order valence-electron chi connectivity index (χ2n) is 3.54. The molecule has 0 saturated carbocycles. The van der Waals surface area contributed by atoms with E-state index in [1.807, 2.05) is 24.3 Å². The molecule has 0 aliphatic rings. The van der Waals surface area contributed by atoms with Crippen LogP contribution in [0, 0.1) is 0 Å². The highest BCUT2D eigenvalue weighted by atomic mass is 79.9. The number of hydrogen-bond acceptors (Lipinski definition) is 2. The molecule has 18 heavy (non-hydrogen) atoms. The fourth-order valence-corrected chi connectivity index (χ4v) is 2.13. The van der Waals surface area contributed by atoms with Gasteiger partial charge in [0, 0.05) is 11.1 Å². The zero-order valence-electron chi connectivity index (χ0n) is 9.19. The average Bonchev–Trinajstić information content (AvgIpc) is 2.32. The minimum absolute atomic E-state index is 0.272. The van der Waals surface area contributed by atoms with Gasteiger partial charge in [-0.3, -0.25) is 0 Å². The van der Waals surface area contributed by atoms with E-state index in [-0.39, 0.29) is 4.99 Å². The molecule has 0 atom stereocenters. The summed E-state index contributed by atoms with van der Waals surface area (Å²) >= 11 is 14.3. The highest BCUT2D eigenvalue weighted by Gasteiger charge is 2.10. The fraction of sp³-hybridized carbons (Fsp3) is 0. The van der Waals surface area contributed by atoms with Crippen molar-refractivity contribution < 1.29 is 4.74 Å². The maximum absolute atomic E-state index is 5.95. The summed E-state index contributed by atoms with van der Waals surface area (Å²) in [5, 5.41) is 0.567. The Kier molecular flexibility index (Phi) is 4.22. The highest BCUT2D eigenvalue weighted by molar-refractivity contribution is 9.10. The second kappa shape index (κ2) is 5.69. The average molecular weight is 343 g/mol. The summed E-state index contributed by atoms with van der Waals surface area (Å²) in [5.74, 6) is 1.22. The van der Waals surface area contributed by atoms with Gasteiger partial charge in [-0.15, -0.1) is 0 Å². The molecular weight excluding hydrogens is 334 g/mol. The van der Waals surface area contributed by atoms with Gasteiger partial charge in [0.05, 0.1) is 10.0 Å². The Labute approximate surface area is 124 Å². The number of rotatable bonds is 3. The van der Waals surface area contributed by atoms with Crippen LogP contribution in [0.4, 0.5) is 0 Å². The topological polar surface area (TPSA) is 35.2 Å². The van der Waals surface area contributed by atoms with Crippen LogP contribution in [0.15, 0.2) is 46.9 Å². The van der Waals surface area contributed by atoms with E-state index in [1.165, 1.54) is 0 Å². The minimum Gasteiger partial charge on any atom is -0.455 e. The standard InChI is InChI=1S/C13H9BrClNOS/c14-10-3-1-2-4-11(10)17-12-7-8(15)5-6-9(12)13(16)18/h1-7H,(H2,16,18). The summed E-state index contributed by atoms with van der Waals surface area (Å²) in [5.41, 5.74) is 6.31. The molecule has 2 N–H and O–H groups in total. The monoisotopic (exact) mass is 341 g/mol. The van der Waals surface area contributed by atoms with Crippen molar-refractivity contribution in [2.75, 3.05) is 0 Å². The van der Waals surface area contributed by atoms with E-state index in [4.69, 9.17) is 34.3 Å². The minimum atomic E-state index is 0.272. The van der Waals surface area contributed by atoms with Crippen molar-refractivity contribution >= 4 is 44.7 Å². The van der Waals surface area contributed by atoms with Gasteiger partial charge in [0.2, 0.25) is 0 Å². The van der Waals surface area contributed by atoms with Gasteiger partial charge in [0.1, 0.15) is 16.5 Å². The first kappa shape index (κ1) is 13.3. The summed E-state index contributed by atoms with van der Waals surface area (Å²) in [4.78, 5) is 0.272. The third-order valence-corrected chi connectivity index (χ3v) is 3.38. The predicted octanol–water partition coefficient (Wildman–Crippen LogP) is 4.53. The quantitative estimate of drug-likeness (QED) is 0.832. The van der Waals surface area contributed by atoms with Crippen molar-refractivity contribution in [2.45, 2.75) is 0 Å². The molecule has 0 aliphatic carbocycles. The molecule has 0 saturated heterocycles. The molecular formula is C13H9BrClNOS. The Morgan fingerprint density at radius 2 is 1.89 bits per heavy atom. The normalized spacial score (nSPS) is 10.1. The molecule has 0 spiro atoms. The maximum Gasteiger partial charge on any atom is 0.141 e. The van der Waals surface area contributed by atoms with Crippen LogP contribution in [0.1, 0.15) is 5.56 Å². The number of hydrogen-bond donors (Lipinski definition) is 1. The first-order valence-electron chi connectivity index (χ1n) is 5.09. The Hall–Kier alpha value is -1.10. The third kappa shape index (κ3) is 3.02. The first-order chi connectivity index (χ1) is 8.58. The third-order valence-electron chi connectivity index (χ3n) is 2.27. The molecule has 2 aromatic carbocycles. The van der Waals surface area contributed by atoms with Crippen molar-refractivity contribution in [3.8, 4) is 11.5 Å². The Bertz CT molecular complexity index is 603. The van der Waals surface area contributed by atoms with E-state index in [1.54, 1.807) is 18.2 Å². The molecule has 0 bridgehead atoms. The van der Waals surface area contributed by atoms with Crippen LogP contribution in [0.2, 0.25) is 5.02 Å². The van der Waals surface area contributed by atoms with E-state index < -0.39 is 0 Å². The zero-order valence-corrected chi connectivity index (χ0v) is 12.3.